The lowest BCUT2D eigenvalue weighted by Gasteiger charge is -2.21. The largest absolute Gasteiger partial charge is 0.384 e. The number of nitrogen functional groups attached to an aromatic ring is 1. The summed E-state index contributed by atoms with van der Waals surface area (Å²) in [7, 11) is 1.90. The number of rotatable bonds is 3. The number of nitrogens with two attached hydrogens (primary N) is 1. The molecule has 0 fully saturated rings. The molecule has 0 saturated carbocycles. The van der Waals surface area contributed by atoms with Gasteiger partial charge in [0.1, 0.15) is 18.0 Å². The minimum atomic E-state index is 0.0431. The van der Waals surface area contributed by atoms with Crippen LogP contribution in [0.15, 0.2) is 36.8 Å². The number of halogens is 1. The summed E-state index contributed by atoms with van der Waals surface area (Å²) in [5.74, 6) is 0.834. The summed E-state index contributed by atoms with van der Waals surface area (Å²) in [6.07, 6.45) is 3.25. The molecule has 0 atom stereocenters. The molecular formula is C12H12IN5. The van der Waals surface area contributed by atoms with Crippen molar-refractivity contribution in [1.29, 1.82) is 5.41 Å². The van der Waals surface area contributed by atoms with E-state index in [9.17, 15) is 0 Å². The molecule has 0 aliphatic rings. The van der Waals surface area contributed by atoms with E-state index in [0.717, 1.165) is 15.1 Å². The van der Waals surface area contributed by atoms with E-state index in [0.29, 0.717) is 5.56 Å². The van der Waals surface area contributed by atoms with Gasteiger partial charge in [-0.15, -0.1) is 0 Å². The quantitative estimate of drug-likeness (QED) is 0.503. The third kappa shape index (κ3) is 2.42. The van der Waals surface area contributed by atoms with E-state index < -0.39 is 0 Å². The fourth-order valence-electron chi connectivity index (χ4n) is 1.66. The number of benzene rings is 1. The van der Waals surface area contributed by atoms with Crippen molar-refractivity contribution in [3.05, 3.63) is 45.9 Å². The number of para-hydroxylation sites is 1. The Bertz CT molecular complexity index is 584. The molecule has 5 nitrogen and oxygen atoms in total. The smallest absolute Gasteiger partial charge is 0.149 e. The van der Waals surface area contributed by atoms with Crippen molar-refractivity contribution in [2.24, 2.45) is 5.73 Å². The molecule has 0 radical (unpaired) electrons. The van der Waals surface area contributed by atoms with Crippen molar-refractivity contribution in [3.8, 4) is 0 Å². The van der Waals surface area contributed by atoms with Crippen LogP contribution >= 0.6 is 22.6 Å². The van der Waals surface area contributed by atoms with E-state index in [1.54, 1.807) is 6.20 Å². The molecule has 92 valence electrons. The van der Waals surface area contributed by atoms with Gasteiger partial charge in [-0.25, -0.2) is 9.97 Å². The Hall–Kier alpha value is -1.70. The Kier molecular flexibility index (Phi) is 3.75. The molecule has 2 aromatic rings. The first-order chi connectivity index (χ1) is 8.61. The molecule has 1 heterocycles. The number of hydrogen-bond donors (Lipinski definition) is 2. The van der Waals surface area contributed by atoms with Gasteiger partial charge in [-0.3, -0.25) is 5.41 Å². The van der Waals surface area contributed by atoms with Gasteiger partial charge in [0, 0.05) is 18.8 Å². The van der Waals surface area contributed by atoms with E-state index >= 15 is 0 Å². The van der Waals surface area contributed by atoms with E-state index in [1.807, 2.05) is 36.2 Å². The molecule has 18 heavy (non-hydrogen) atoms. The zero-order valence-corrected chi connectivity index (χ0v) is 11.9. The lowest BCUT2D eigenvalue weighted by atomic mass is 10.1. The van der Waals surface area contributed by atoms with E-state index in [2.05, 4.69) is 32.6 Å². The summed E-state index contributed by atoms with van der Waals surface area (Å²) in [5.41, 5.74) is 7.13. The second-order valence-corrected chi connectivity index (χ2v) is 4.85. The topological polar surface area (TPSA) is 78.9 Å². The summed E-state index contributed by atoms with van der Waals surface area (Å²) >= 11 is 2.18. The summed E-state index contributed by atoms with van der Waals surface area (Å²) in [6.45, 7) is 0. The third-order valence-corrected chi connectivity index (χ3v) is 3.28. The van der Waals surface area contributed by atoms with Crippen molar-refractivity contribution in [1.82, 2.24) is 9.97 Å². The van der Waals surface area contributed by atoms with Crippen LogP contribution in [0.5, 0.6) is 0 Å². The molecule has 6 heteroatoms. The van der Waals surface area contributed by atoms with Crippen molar-refractivity contribution < 1.29 is 0 Å². The van der Waals surface area contributed by atoms with Gasteiger partial charge in [-0.1, -0.05) is 12.1 Å². The van der Waals surface area contributed by atoms with Gasteiger partial charge >= 0.3 is 0 Å². The zero-order valence-electron chi connectivity index (χ0n) is 9.76. The molecule has 0 spiro atoms. The Morgan fingerprint density at radius 1 is 1.39 bits per heavy atom. The fourth-order valence-corrected chi connectivity index (χ4v) is 2.32. The monoisotopic (exact) mass is 353 g/mol. The van der Waals surface area contributed by atoms with E-state index in [1.165, 1.54) is 6.33 Å². The SMILES string of the molecule is CN(c1ccccc1C(=N)N)c1ncncc1I. The van der Waals surface area contributed by atoms with Crippen LogP contribution in [-0.4, -0.2) is 22.9 Å². The lowest BCUT2D eigenvalue weighted by molar-refractivity contribution is 1.06. The molecule has 0 amide bonds. The van der Waals surface area contributed by atoms with Gasteiger partial charge in [0.05, 0.1) is 9.26 Å². The molecular weight excluding hydrogens is 341 g/mol. The van der Waals surface area contributed by atoms with Gasteiger partial charge in [0.2, 0.25) is 0 Å². The van der Waals surface area contributed by atoms with Gasteiger partial charge in [-0.2, -0.15) is 0 Å². The number of aromatic nitrogens is 2. The van der Waals surface area contributed by atoms with Crippen molar-refractivity contribution in [2.45, 2.75) is 0 Å². The summed E-state index contributed by atoms with van der Waals surface area (Å²) in [5, 5.41) is 7.60. The highest BCUT2D eigenvalue weighted by atomic mass is 127. The van der Waals surface area contributed by atoms with Crippen molar-refractivity contribution >= 4 is 39.9 Å². The Balaban J connectivity index is 2.50. The number of nitrogens with zero attached hydrogens (tertiary/aromatic N) is 3. The molecule has 0 bridgehead atoms. The first-order valence-electron chi connectivity index (χ1n) is 5.24. The number of amidine groups is 1. The van der Waals surface area contributed by atoms with Crippen molar-refractivity contribution in [2.75, 3.05) is 11.9 Å². The van der Waals surface area contributed by atoms with E-state index in [4.69, 9.17) is 11.1 Å². The van der Waals surface area contributed by atoms with Crippen LogP contribution in [0.25, 0.3) is 0 Å². The predicted molar refractivity (Wildman–Crippen MR) is 80.3 cm³/mol. The molecule has 0 saturated heterocycles. The maximum absolute atomic E-state index is 7.60. The van der Waals surface area contributed by atoms with E-state index in [-0.39, 0.29) is 5.84 Å². The molecule has 0 aliphatic carbocycles. The molecule has 0 unspecified atom stereocenters. The highest BCUT2D eigenvalue weighted by molar-refractivity contribution is 14.1. The first kappa shape index (κ1) is 12.7. The van der Waals surface area contributed by atoms with Gasteiger partial charge < -0.3 is 10.6 Å². The van der Waals surface area contributed by atoms with Crippen LogP contribution in [0.3, 0.4) is 0 Å². The Labute approximate surface area is 119 Å². The predicted octanol–water partition coefficient (Wildman–Crippen LogP) is 2.13. The molecule has 2 rings (SSSR count). The Morgan fingerprint density at radius 3 is 2.78 bits per heavy atom. The van der Waals surface area contributed by atoms with Crippen LogP contribution in [0.1, 0.15) is 5.56 Å². The van der Waals surface area contributed by atoms with Crippen LogP contribution in [0, 0.1) is 8.98 Å². The summed E-state index contributed by atoms with van der Waals surface area (Å²) < 4.78 is 0.941. The fraction of sp³-hybridized carbons (Fsp3) is 0.0833. The van der Waals surface area contributed by atoms with Crippen molar-refractivity contribution in [3.63, 3.8) is 0 Å². The van der Waals surface area contributed by atoms with Gasteiger partial charge in [-0.05, 0) is 34.7 Å². The maximum Gasteiger partial charge on any atom is 0.149 e. The Morgan fingerprint density at radius 2 is 2.11 bits per heavy atom. The summed E-state index contributed by atoms with van der Waals surface area (Å²) in [6, 6.07) is 7.50. The van der Waals surface area contributed by atoms with Crippen LogP contribution in [0.2, 0.25) is 0 Å². The average molecular weight is 353 g/mol. The van der Waals surface area contributed by atoms with Crippen LogP contribution in [-0.2, 0) is 0 Å². The highest BCUT2D eigenvalue weighted by Crippen LogP contribution is 2.27. The van der Waals surface area contributed by atoms with Crippen LogP contribution < -0.4 is 10.6 Å². The molecule has 1 aromatic carbocycles. The maximum atomic E-state index is 7.60. The minimum Gasteiger partial charge on any atom is -0.384 e. The second-order valence-electron chi connectivity index (χ2n) is 3.68. The van der Waals surface area contributed by atoms with Gasteiger partial charge in [0.15, 0.2) is 0 Å². The second kappa shape index (κ2) is 5.30. The first-order valence-corrected chi connectivity index (χ1v) is 6.32. The molecule has 3 N–H and O–H groups in total. The summed E-state index contributed by atoms with van der Waals surface area (Å²) in [4.78, 5) is 10.1. The number of hydrogen-bond acceptors (Lipinski definition) is 4. The molecule has 0 aliphatic heterocycles. The van der Waals surface area contributed by atoms with Crippen LogP contribution in [0.4, 0.5) is 11.5 Å². The normalized spacial score (nSPS) is 10.1. The highest BCUT2D eigenvalue weighted by Gasteiger charge is 2.13. The number of nitrogens with one attached hydrogen (secondary N) is 1. The standard InChI is InChI=1S/C12H12IN5/c1-18(12-9(13)6-16-7-17-12)10-5-3-2-4-8(10)11(14)15/h2-7H,1H3,(H3,14,15). The average Bonchev–Trinajstić information content (AvgIpc) is 2.38. The van der Waals surface area contributed by atoms with Gasteiger partial charge in [0.25, 0.3) is 0 Å². The minimum absolute atomic E-state index is 0.0431. The third-order valence-electron chi connectivity index (χ3n) is 2.52. The molecule has 1 aromatic heterocycles. The zero-order chi connectivity index (χ0) is 13.1. The number of anilines is 2. The lowest BCUT2D eigenvalue weighted by Crippen LogP contribution is -2.19.